The third-order valence-corrected chi connectivity index (χ3v) is 4.95. The first kappa shape index (κ1) is 14.0. The van der Waals surface area contributed by atoms with Crippen LogP contribution < -0.4 is 5.32 Å². The number of aryl methyl sites for hydroxylation is 2. The van der Waals surface area contributed by atoms with Crippen LogP contribution in [0.2, 0.25) is 0 Å². The molecular formula is C16H25NS. The molecule has 0 bridgehead atoms. The van der Waals surface area contributed by atoms with Crippen molar-refractivity contribution >= 4 is 11.8 Å². The third kappa shape index (κ3) is 4.33. The lowest BCUT2D eigenvalue weighted by Gasteiger charge is -2.11. The van der Waals surface area contributed by atoms with Crippen molar-refractivity contribution in [1.82, 2.24) is 5.32 Å². The van der Waals surface area contributed by atoms with Gasteiger partial charge < -0.3 is 5.32 Å². The van der Waals surface area contributed by atoms with E-state index in [1.807, 2.05) is 11.8 Å². The summed E-state index contributed by atoms with van der Waals surface area (Å²) in [5.74, 6) is 2.13. The number of nitrogens with one attached hydrogen (secondary N) is 1. The van der Waals surface area contributed by atoms with Gasteiger partial charge in [0.2, 0.25) is 0 Å². The topological polar surface area (TPSA) is 12.0 Å². The van der Waals surface area contributed by atoms with E-state index < -0.39 is 0 Å². The van der Waals surface area contributed by atoms with E-state index in [1.54, 1.807) is 0 Å². The van der Waals surface area contributed by atoms with Gasteiger partial charge in [0.25, 0.3) is 0 Å². The minimum absolute atomic E-state index is 0.954. The Kier molecular flexibility index (Phi) is 5.58. The van der Waals surface area contributed by atoms with E-state index in [0.29, 0.717) is 0 Å². The Morgan fingerprint density at radius 3 is 2.78 bits per heavy atom. The van der Waals surface area contributed by atoms with Gasteiger partial charge in [-0.2, -0.15) is 0 Å². The SMILES string of the molecule is Cc1ccc(C)c(SCCNCC2CCCC2)c1. The summed E-state index contributed by atoms with van der Waals surface area (Å²) < 4.78 is 0. The smallest absolute Gasteiger partial charge is 0.0106 e. The van der Waals surface area contributed by atoms with Crippen molar-refractivity contribution in [1.29, 1.82) is 0 Å². The highest BCUT2D eigenvalue weighted by Crippen LogP contribution is 2.24. The average Bonchev–Trinajstić information content (AvgIpc) is 2.86. The maximum atomic E-state index is 3.61. The molecule has 0 radical (unpaired) electrons. The summed E-state index contributed by atoms with van der Waals surface area (Å²) in [4.78, 5) is 1.44. The summed E-state index contributed by atoms with van der Waals surface area (Å²) >= 11 is 1.98. The minimum atomic E-state index is 0.954. The van der Waals surface area contributed by atoms with Crippen LogP contribution in [0.25, 0.3) is 0 Å². The highest BCUT2D eigenvalue weighted by atomic mass is 32.2. The standard InChI is InChI=1S/C16H25NS/c1-13-7-8-14(2)16(11-13)18-10-9-17-12-15-5-3-4-6-15/h7-8,11,15,17H,3-6,9-10,12H2,1-2H3. The van der Waals surface area contributed by atoms with Crippen molar-refractivity contribution in [2.45, 2.75) is 44.4 Å². The molecule has 0 saturated heterocycles. The van der Waals surface area contributed by atoms with E-state index in [0.717, 1.165) is 12.5 Å². The predicted octanol–water partition coefficient (Wildman–Crippen LogP) is 4.18. The molecule has 0 aromatic heterocycles. The normalized spacial score (nSPS) is 16.3. The van der Waals surface area contributed by atoms with Crippen LogP contribution in [0.15, 0.2) is 23.1 Å². The van der Waals surface area contributed by atoms with Crippen LogP contribution in [-0.4, -0.2) is 18.8 Å². The number of rotatable bonds is 6. The Balaban J connectivity index is 1.64. The molecule has 2 heteroatoms. The highest BCUT2D eigenvalue weighted by Gasteiger charge is 2.13. The molecule has 0 spiro atoms. The zero-order valence-corrected chi connectivity index (χ0v) is 12.5. The third-order valence-electron chi connectivity index (χ3n) is 3.79. The molecule has 1 saturated carbocycles. The van der Waals surface area contributed by atoms with Crippen molar-refractivity contribution in [3.8, 4) is 0 Å². The van der Waals surface area contributed by atoms with E-state index in [1.165, 1.54) is 54.0 Å². The molecular weight excluding hydrogens is 238 g/mol. The molecule has 1 nitrogen and oxygen atoms in total. The molecule has 1 aliphatic rings. The van der Waals surface area contributed by atoms with Crippen molar-refractivity contribution in [3.63, 3.8) is 0 Å². The Labute approximate surface area is 116 Å². The molecule has 0 amide bonds. The van der Waals surface area contributed by atoms with Gasteiger partial charge in [0.1, 0.15) is 0 Å². The van der Waals surface area contributed by atoms with Crippen molar-refractivity contribution < 1.29 is 0 Å². The molecule has 1 aromatic rings. The van der Waals surface area contributed by atoms with Crippen LogP contribution in [0.1, 0.15) is 36.8 Å². The number of thioether (sulfide) groups is 1. The lowest BCUT2D eigenvalue weighted by Crippen LogP contribution is -2.23. The number of hydrogen-bond donors (Lipinski definition) is 1. The maximum Gasteiger partial charge on any atom is 0.0106 e. The quantitative estimate of drug-likeness (QED) is 0.610. The molecule has 0 aliphatic heterocycles. The zero-order chi connectivity index (χ0) is 12.8. The molecule has 0 unspecified atom stereocenters. The maximum absolute atomic E-state index is 3.61. The van der Waals surface area contributed by atoms with Crippen LogP contribution in [0, 0.1) is 19.8 Å². The van der Waals surface area contributed by atoms with Gasteiger partial charge in [-0.1, -0.05) is 30.5 Å². The molecule has 0 atom stereocenters. The molecule has 18 heavy (non-hydrogen) atoms. The van der Waals surface area contributed by atoms with Gasteiger partial charge in [0.15, 0.2) is 0 Å². The molecule has 100 valence electrons. The molecule has 2 rings (SSSR count). The zero-order valence-electron chi connectivity index (χ0n) is 11.7. The van der Waals surface area contributed by atoms with Gasteiger partial charge in [0.05, 0.1) is 0 Å². The lowest BCUT2D eigenvalue weighted by molar-refractivity contribution is 0.500. The van der Waals surface area contributed by atoms with Gasteiger partial charge in [-0.25, -0.2) is 0 Å². The van der Waals surface area contributed by atoms with Gasteiger partial charge in [0, 0.05) is 17.2 Å². The van der Waals surface area contributed by atoms with E-state index in [-0.39, 0.29) is 0 Å². The van der Waals surface area contributed by atoms with E-state index in [2.05, 4.69) is 37.4 Å². The lowest BCUT2D eigenvalue weighted by atomic mass is 10.1. The first-order valence-corrected chi connectivity index (χ1v) is 8.15. The van der Waals surface area contributed by atoms with Crippen LogP contribution in [-0.2, 0) is 0 Å². The molecule has 1 aromatic carbocycles. The molecule has 0 heterocycles. The largest absolute Gasteiger partial charge is 0.316 e. The summed E-state index contributed by atoms with van der Waals surface area (Å²) in [6, 6.07) is 6.72. The average molecular weight is 263 g/mol. The molecule has 1 N–H and O–H groups in total. The van der Waals surface area contributed by atoms with Gasteiger partial charge >= 0.3 is 0 Å². The molecule has 1 aliphatic carbocycles. The Hall–Kier alpha value is -0.470. The van der Waals surface area contributed by atoms with Crippen molar-refractivity contribution in [2.75, 3.05) is 18.8 Å². The Morgan fingerprint density at radius 1 is 1.22 bits per heavy atom. The van der Waals surface area contributed by atoms with Gasteiger partial charge in [-0.15, -0.1) is 11.8 Å². The highest BCUT2D eigenvalue weighted by molar-refractivity contribution is 7.99. The number of hydrogen-bond acceptors (Lipinski definition) is 2. The van der Waals surface area contributed by atoms with Crippen molar-refractivity contribution in [2.24, 2.45) is 5.92 Å². The Morgan fingerprint density at radius 2 is 2.00 bits per heavy atom. The van der Waals surface area contributed by atoms with Crippen molar-refractivity contribution in [3.05, 3.63) is 29.3 Å². The predicted molar refractivity (Wildman–Crippen MR) is 81.5 cm³/mol. The second-order valence-corrected chi connectivity index (χ2v) is 6.61. The first-order chi connectivity index (χ1) is 8.75. The van der Waals surface area contributed by atoms with E-state index >= 15 is 0 Å². The van der Waals surface area contributed by atoms with Gasteiger partial charge in [-0.05, 0) is 50.8 Å². The number of benzene rings is 1. The van der Waals surface area contributed by atoms with Gasteiger partial charge in [-0.3, -0.25) is 0 Å². The van der Waals surface area contributed by atoms with Crippen LogP contribution >= 0.6 is 11.8 Å². The monoisotopic (exact) mass is 263 g/mol. The van der Waals surface area contributed by atoms with E-state index in [9.17, 15) is 0 Å². The summed E-state index contributed by atoms with van der Waals surface area (Å²) in [6.07, 6.45) is 5.78. The summed E-state index contributed by atoms with van der Waals surface area (Å²) in [5.41, 5.74) is 2.77. The summed E-state index contributed by atoms with van der Waals surface area (Å²) in [7, 11) is 0. The second-order valence-electron chi connectivity index (χ2n) is 5.47. The fourth-order valence-electron chi connectivity index (χ4n) is 2.62. The summed E-state index contributed by atoms with van der Waals surface area (Å²) in [5, 5.41) is 3.61. The Bertz CT molecular complexity index is 369. The second kappa shape index (κ2) is 7.20. The summed E-state index contributed by atoms with van der Waals surface area (Å²) in [6.45, 7) is 6.73. The fourth-order valence-corrected chi connectivity index (χ4v) is 3.65. The minimum Gasteiger partial charge on any atom is -0.316 e. The fraction of sp³-hybridized carbons (Fsp3) is 0.625. The van der Waals surface area contributed by atoms with Crippen LogP contribution in [0.3, 0.4) is 0 Å². The van der Waals surface area contributed by atoms with Crippen LogP contribution in [0.5, 0.6) is 0 Å². The van der Waals surface area contributed by atoms with E-state index in [4.69, 9.17) is 0 Å². The van der Waals surface area contributed by atoms with Crippen LogP contribution in [0.4, 0.5) is 0 Å². The molecule has 1 fully saturated rings. The first-order valence-electron chi connectivity index (χ1n) is 7.16.